The van der Waals surface area contributed by atoms with Crippen molar-refractivity contribution in [2.45, 2.75) is 65.3 Å². The van der Waals surface area contributed by atoms with Crippen molar-refractivity contribution in [3.63, 3.8) is 0 Å². The first-order chi connectivity index (χ1) is 22.2. The molecule has 0 bridgehead atoms. The number of fused-ring (bicyclic) bond motifs is 3. The molecule has 1 aliphatic carbocycles. The Balaban J connectivity index is 1.21. The second-order valence-electron chi connectivity index (χ2n) is 12.6. The highest BCUT2D eigenvalue weighted by Gasteiger charge is 2.30. The first-order valence-corrected chi connectivity index (χ1v) is 16.4. The number of anilines is 3. The van der Waals surface area contributed by atoms with Crippen molar-refractivity contribution in [1.82, 2.24) is 29.5 Å². The van der Waals surface area contributed by atoms with E-state index in [4.69, 9.17) is 4.98 Å². The van der Waals surface area contributed by atoms with E-state index in [9.17, 15) is 9.59 Å². The number of amides is 2. The number of hydrogen-bond acceptors (Lipinski definition) is 7. The van der Waals surface area contributed by atoms with Crippen molar-refractivity contribution in [2.24, 2.45) is 7.05 Å². The molecular formula is C36H44N8O2. The molecule has 6 rings (SSSR count). The largest absolute Gasteiger partial charge is 0.339 e. The van der Waals surface area contributed by atoms with E-state index in [1.54, 1.807) is 4.68 Å². The minimum absolute atomic E-state index is 0.0737. The first-order valence-electron chi connectivity index (χ1n) is 16.4. The third kappa shape index (κ3) is 6.01. The maximum Gasteiger partial charge on any atom is 0.276 e. The number of benzene rings is 2. The summed E-state index contributed by atoms with van der Waals surface area (Å²) in [4.78, 5) is 40.6. The van der Waals surface area contributed by atoms with Crippen LogP contribution >= 0.6 is 0 Å². The van der Waals surface area contributed by atoms with Crippen LogP contribution in [0.2, 0.25) is 0 Å². The molecule has 0 atom stereocenters. The number of piperidine rings is 1. The Morgan fingerprint density at radius 2 is 1.74 bits per heavy atom. The minimum Gasteiger partial charge on any atom is -0.339 e. The van der Waals surface area contributed by atoms with Gasteiger partial charge in [0, 0.05) is 54.9 Å². The summed E-state index contributed by atoms with van der Waals surface area (Å²) in [7, 11) is 6.07. The normalized spacial score (nSPS) is 14.6. The summed E-state index contributed by atoms with van der Waals surface area (Å²) >= 11 is 0. The first kappa shape index (κ1) is 31.4. The molecule has 0 unspecified atom stereocenters. The summed E-state index contributed by atoms with van der Waals surface area (Å²) in [5.74, 6) is 0.330. The number of aryl methyl sites for hydroxylation is 5. The molecule has 1 fully saturated rings. The number of carbonyl (C=O) groups is 2. The van der Waals surface area contributed by atoms with Crippen LogP contribution in [0.1, 0.15) is 75.4 Å². The summed E-state index contributed by atoms with van der Waals surface area (Å²) in [6, 6.07) is 12.4. The van der Waals surface area contributed by atoms with Crippen LogP contribution in [0, 0.1) is 6.92 Å². The van der Waals surface area contributed by atoms with Gasteiger partial charge >= 0.3 is 0 Å². The van der Waals surface area contributed by atoms with Gasteiger partial charge in [0.15, 0.2) is 5.69 Å². The topological polar surface area (TPSA) is 108 Å². The molecular weight excluding hydrogens is 576 g/mol. The summed E-state index contributed by atoms with van der Waals surface area (Å²) in [6.07, 6.45) is 6.91. The average Bonchev–Trinajstić information content (AvgIpc) is 3.42. The van der Waals surface area contributed by atoms with Gasteiger partial charge in [-0.2, -0.15) is 5.10 Å². The van der Waals surface area contributed by atoms with E-state index >= 15 is 0 Å². The number of rotatable bonds is 8. The van der Waals surface area contributed by atoms with Gasteiger partial charge in [-0.15, -0.1) is 0 Å². The number of aromatic nitrogens is 4. The van der Waals surface area contributed by atoms with Gasteiger partial charge in [0.25, 0.3) is 11.8 Å². The molecule has 2 N–H and O–H groups in total. The van der Waals surface area contributed by atoms with E-state index in [1.807, 2.05) is 49.3 Å². The lowest BCUT2D eigenvalue weighted by atomic mass is 9.93. The van der Waals surface area contributed by atoms with Gasteiger partial charge in [-0.05, 0) is 100.0 Å². The van der Waals surface area contributed by atoms with E-state index in [2.05, 4.69) is 65.7 Å². The number of carbonyl (C=O) groups excluding carboxylic acids is 2. The Morgan fingerprint density at radius 3 is 2.39 bits per heavy atom. The maximum atomic E-state index is 13.6. The van der Waals surface area contributed by atoms with Gasteiger partial charge in [0.05, 0.1) is 11.4 Å². The molecule has 10 heteroatoms. The highest BCUT2D eigenvalue weighted by atomic mass is 16.2. The van der Waals surface area contributed by atoms with Gasteiger partial charge in [0.1, 0.15) is 0 Å². The molecule has 3 heterocycles. The molecule has 2 amide bonds. The molecule has 2 aromatic carbocycles. The fraction of sp³-hybridized carbons (Fsp3) is 0.417. The van der Waals surface area contributed by atoms with Crippen LogP contribution in [-0.4, -0.2) is 74.6 Å². The van der Waals surface area contributed by atoms with Crippen LogP contribution in [-0.2, 0) is 32.7 Å². The average molecular weight is 621 g/mol. The Bertz CT molecular complexity index is 1760. The molecule has 0 spiro atoms. The monoisotopic (exact) mass is 620 g/mol. The minimum atomic E-state index is -0.198. The van der Waals surface area contributed by atoms with E-state index in [-0.39, 0.29) is 11.8 Å². The van der Waals surface area contributed by atoms with Gasteiger partial charge in [-0.1, -0.05) is 32.0 Å². The predicted molar refractivity (Wildman–Crippen MR) is 182 cm³/mol. The second kappa shape index (κ2) is 13.0. The Labute approximate surface area is 271 Å². The van der Waals surface area contributed by atoms with Crippen molar-refractivity contribution >= 4 is 29.1 Å². The van der Waals surface area contributed by atoms with Crippen LogP contribution in [0.15, 0.2) is 42.6 Å². The summed E-state index contributed by atoms with van der Waals surface area (Å²) in [6.45, 7) is 7.73. The maximum absolute atomic E-state index is 13.6. The van der Waals surface area contributed by atoms with Crippen LogP contribution in [0.5, 0.6) is 0 Å². The number of likely N-dealkylation sites (tertiary alicyclic amines) is 1. The Hall–Kier alpha value is -4.57. The molecule has 0 radical (unpaired) electrons. The highest BCUT2D eigenvalue weighted by Crippen LogP contribution is 2.35. The zero-order valence-electron chi connectivity index (χ0n) is 27.8. The molecule has 4 aromatic rings. The number of para-hydroxylation sites is 1. The lowest BCUT2D eigenvalue weighted by Crippen LogP contribution is -2.44. The zero-order valence-corrected chi connectivity index (χ0v) is 27.8. The van der Waals surface area contributed by atoms with E-state index in [1.165, 1.54) is 0 Å². The third-order valence-electron chi connectivity index (χ3n) is 9.53. The van der Waals surface area contributed by atoms with Crippen molar-refractivity contribution in [3.8, 4) is 11.4 Å². The molecule has 2 aliphatic rings. The molecule has 1 aliphatic heterocycles. The molecule has 2 aromatic heterocycles. The SMILES string of the molecule is CCc1cccc(CC)c1NC(=O)c1nn(C)c2c1CCc1cnc(Nc3ccc(C(=O)N4CCC(N(C)C)CC4)cc3C)nc1-2. The molecule has 46 heavy (non-hydrogen) atoms. The van der Waals surface area contributed by atoms with Crippen LogP contribution in [0.3, 0.4) is 0 Å². The van der Waals surface area contributed by atoms with Crippen molar-refractivity contribution in [2.75, 3.05) is 37.8 Å². The summed E-state index contributed by atoms with van der Waals surface area (Å²) < 4.78 is 1.76. The van der Waals surface area contributed by atoms with Crippen LogP contribution in [0.4, 0.5) is 17.3 Å². The number of nitrogens with zero attached hydrogens (tertiary/aromatic N) is 6. The molecule has 0 saturated carbocycles. The second-order valence-corrected chi connectivity index (χ2v) is 12.6. The fourth-order valence-corrected chi connectivity index (χ4v) is 6.80. The standard InChI is InChI=1S/C36H44N8O2/c1-7-23-10-9-11-24(8-2)30(23)39-34(45)32-28-14-12-26-21-37-36(40-31(26)33(28)43(6)41-32)38-29-15-13-25(20-22(29)3)35(46)44-18-16-27(17-19-44)42(4)5/h9-11,13,15,20-21,27H,7-8,12,14,16-19H2,1-6H3,(H,39,45)(H,37,38,40). The third-order valence-corrected chi connectivity index (χ3v) is 9.53. The quantitative estimate of drug-likeness (QED) is 0.265. The summed E-state index contributed by atoms with van der Waals surface area (Å²) in [5.41, 5.74) is 9.56. The van der Waals surface area contributed by atoms with Crippen molar-refractivity contribution in [1.29, 1.82) is 0 Å². The van der Waals surface area contributed by atoms with Gasteiger partial charge < -0.3 is 20.4 Å². The smallest absolute Gasteiger partial charge is 0.276 e. The predicted octanol–water partition coefficient (Wildman–Crippen LogP) is 5.57. The lowest BCUT2D eigenvalue weighted by Gasteiger charge is -2.35. The van der Waals surface area contributed by atoms with Crippen molar-refractivity contribution < 1.29 is 9.59 Å². The van der Waals surface area contributed by atoms with Crippen LogP contribution in [0.25, 0.3) is 11.4 Å². The van der Waals surface area contributed by atoms with Gasteiger partial charge in [-0.25, -0.2) is 9.97 Å². The Kier molecular flexibility index (Phi) is 8.90. The van der Waals surface area contributed by atoms with Crippen LogP contribution < -0.4 is 10.6 Å². The summed E-state index contributed by atoms with van der Waals surface area (Å²) in [5, 5.41) is 11.2. The van der Waals surface area contributed by atoms with Gasteiger partial charge in [-0.3, -0.25) is 14.3 Å². The number of nitrogens with one attached hydrogen (secondary N) is 2. The molecule has 240 valence electrons. The van der Waals surface area contributed by atoms with Gasteiger partial charge in [0.2, 0.25) is 5.95 Å². The van der Waals surface area contributed by atoms with E-state index < -0.39 is 0 Å². The molecule has 1 saturated heterocycles. The molecule has 10 nitrogen and oxygen atoms in total. The van der Waals surface area contributed by atoms with E-state index in [0.717, 1.165) is 95.8 Å². The zero-order chi connectivity index (χ0) is 32.5. The van der Waals surface area contributed by atoms with E-state index in [0.29, 0.717) is 29.7 Å². The Morgan fingerprint density at radius 1 is 1.02 bits per heavy atom. The number of hydrogen-bond donors (Lipinski definition) is 2. The lowest BCUT2D eigenvalue weighted by molar-refractivity contribution is 0.0663. The highest BCUT2D eigenvalue weighted by molar-refractivity contribution is 6.06. The fourth-order valence-electron chi connectivity index (χ4n) is 6.80. The van der Waals surface area contributed by atoms with Crippen molar-refractivity contribution in [3.05, 3.63) is 81.7 Å².